The number of nitrogens with one attached hydrogen (secondary N) is 2. The van der Waals surface area contributed by atoms with Gasteiger partial charge in [0.15, 0.2) is 5.78 Å². The Morgan fingerprint density at radius 3 is 2.19 bits per heavy atom. The van der Waals surface area contributed by atoms with Crippen molar-refractivity contribution in [2.75, 3.05) is 56.0 Å². The normalized spacial score (nSPS) is 21.1. The summed E-state index contributed by atoms with van der Waals surface area (Å²) in [6, 6.07) is 11.5. The molecule has 5 rings (SSSR count). The van der Waals surface area contributed by atoms with Gasteiger partial charge in [0.25, 0.3) is 5.91 Å². The van der Waals surface area contributed by atoms with Gasteiger partial charge in [-0.25, -0.2) is 4.79 Å². The first-order valence-corrected chi connectivity index (χ1v) is 13.6. The van der Waals surface area contributed by atoms with Crippen LogP contribution in [0, 0.1) is 5.92 Å². The Labute approximate surface area is 218 Å². The first-order chi connectivity index (χ1) is 18.0. The average Bonchev–Trinajstić information content (AvgIpc) is 3.39. The minimum atomic E-state index is -0.144. The Bertz CT molecular complexity index is 1090. The number of anilines is 2. The molecule has 2 N–H and O–H groups in total. The van der Waals surface area contributed by atoms with E-state index in [1.165, 1.54) is 6.42 Å². The SMILES string of the molecule is Cn1cccc1C(=O)N1CCN(C(=O)Nc2ccc(N3CCC(C(=O)C4CCCCN4)CC3)cc2)CC1. The smallest absolute Gasteiger partial charge is 0.321 e. The van der Waals surface area contributed by atoms with Crippen molar-refractivity contribution >= 4 is 29.1 Å². The molecule has 2 aromatic rings. The zero-order valence-electron chi connectivity index (χ0n) is 21.7. The number of carbonyl (C=O) groups is 3. The van der Waals surface area contributed by atoms with E-state index in [1.807, 2.05) is 54.2 Å². The number of amides is 3. The van der Waals surface area contributed by atoms with Gasteiger partial charge in [0, 0.05) is 69.8 Å². The summed E-state index contributed by atoms with van der Waals surface area (Å²) in [4.78, 5) is 44.2. The third kappa shape index (κ3) is 5.82. The van der Waals surface area contributed by atoms with Crippen LogP contribution in [0.1, 0.15) is 42.6 Å². The Morgan fingerprint density at radius 1 is 0.865 bits per heavy atom. The van der Waals surface area contributed by atoms with Crippen molar-refractivity contribution < 1.29 is 14.4 Å². The fourth-order valence-corrected chi connectivity index (χ4v) is 5.72. The molecule has 4 heterocycles. The van der Waals surface area contributed by atoms with Gasteiger partial charge in [-0.05, 0) is 68.6 Å². The highest BCUT2D eigenvalue weighted by Gasteiger charge is 2.31. The topological polar surface area (TPSA) is 89.9 Å². The number of piperidine rings is 2. The van der Waals surface area contributed by atoms with E-state index in [-0.39, 0.29) is 23.9 Å². The van der Waals surface area contributed by atoms with E-state index in [2.05, 4.69) is 15.5 Å². The Hall–Kier alpha value is -3.33. The second-order valence-electron chi connectivity index (χ2n) is 10.4. The summed E-state index contributed by atoms with van der Waals surface area (Å²) in [6.07, 6.45) is 6.96. The molecule has 37 heavy (non-hydrogen) atoms. The molecule has 3 amide bonds. The van der Waals surface area contributed by atoms with E-state index < -0.39 is 0 Å². The zero-order valence-corrected chi connectivity index (χ0v) is 21.7. The molecule has 3 aliphatic heterocycles. The van der Waals surface area contributed by atoms with Crippen LogP contribution in [0.2, 0.25) is 0 Å². The fraction of sp³-hybridized carbons (Fsp3) is 0.536. The molecule has 0 spiro atoms. The van der Waals surface area contributed by atoms with Crippen LogP contribution >= 0.6 is 0 Å². The number of aryl methyl sites for hydroxylation is 1. The second-order valence-corrected chi connectivity index (χ2v) is 10.4. The number of urea groups is 1. The summed E-state index contributed by atoms with van der Waals surface area (Å²) in [5, 5.41) is 6.39. The Balaban J connectivity index is 1.07. The van der Waals surface area contributed by atoms with Gasteiger partial charge in [0.2, 0.25) is 0 Å². The summed E-state index contributed by atoms with van der Waals surface area (Å²) in [7, 11) is 1.86. The molecule has 3 aliphatic rings. The van der Waals surface area contributed by atoms with Crippen molar-refractivity contribution in [3.8, 4) is 0 Å². The van der Waals surface area contributed by atoms with Crippen LogP contribution in [0.25, 0.3) is 0 Å². The number of carbonyl (C=O) groups excluding carboxylic acids is 3. The van der Waals surface area contributed by atoms with Gasteiger partial charge >= 0.3 is 6.03 Å². The minimum Gasteiger partial charge on any atom is -0.371 e. The summed E-state index contributed by atoms with van der Waals surface area (Å²) in [5.74, 6) is 0.568. The minimum absolute atomic E-state index is 0.00204. The molecule has 1 unspecified atom stereocenters. The van der Waals surface area contributed by atoms with Crippen molar-refractivity contribution in [2.45, 2.75) is 38.1 Å². The lowest BCUT2D eigenvalue weighted by molar-refractivity contribution is -0.126. The van der Waals surface area contributed by atoms with Crippen LogP contribution in [0.5, 0.6) is 0 Å². The number of aromatic nitrogens is 1. The number of nitrogens with zero attached hydrogens (tertiary/aromatic N) is 4. The van der Waals surface area contributed by atoms with Crippen molar-refractivity contribution in [2.24, 2.45) is 13.0 Å². The molecular weight excluding hydrogens is 468 g/mol. The number of piperazine rings is 1. The number of benzene rings is 1. The van der Waals surface area contributed by atoms with Crippen LogP contribution in [-0.2, 0) is 11.8 Å². The van der Waals surface area contributed by atoms with Crippen molar-refractivity contribution in [3.63, 3.8) is 0 Å². The summed E-state index contributed by atoms with van der Waals surface area (Å²) in [5.41, 5.74) is 2.53. The molecule has 0 saturated carbocycles. The molecule has 9 nitrogen and oxygen atoms in total. The van der Waals surface area contributed by atoms with Gasteiger partial charge in [0.1, 0.15) is 5.69 Å². The van der Waals surface area contributed by atoms with E-state index in [4.69, 9.17) is 0 Å². The third-order valence-electron chi connectivity index (χ3n) is 8.05. The molecule has 0 radical (unpaired) electrons. The first-order valence-electron chi connectivity index (χ1n) is 13.6. The van der Waals surface area contributed by atoms with Crippen LogP contribution in [0.4, 0.5) is 16.2 Å². The molecule has 3 saturated heterocycles. The highest BCUT2D eigenvalue weighted by Crippen LogP contribution is 2.27. The Morgan fingerprint density at radius 2 is 1.57 bits per heavy atom. The van der Waals surface area contributed by atoms with E-state index in [1.54, 1.807) is 9.80 Å². The van der Waals surface area contributed by atoms with Crippen LogP contribution in [-0.4, -0.2) is 83.9 Å². The highest BCUT2D eigenvalue weighted by atomic mass is 16.2. The summed E-state index contributed by atoms with van der Waals surface area (Å²) < 4.78 is 1.82. The largest absolute Gasteiger partial charge is 0.371 e. The van der Waals surface area contributed by atoms with Crippen molar-refractivity contribution in [3.05, 3.63) is 48.3 Å². The lowest BCUT2D eigenvalue weighted by atomic mass is 9.86. The van der Waals surface area contributed by atoms with Gasteiger partial charge in [0.05, 0.1) is 6.04 Å². The first kappa shape index (κ1) is 25.3. The van der Waals surface area contributed by atoms with Gasteiger partial charge in [-0.15, -0.1) is 0 Å². The van der Waals surface area contributed by atoms with Gasteiger partial charge in [-0.3, -0.25) is 9.59 Å². The van der Waals surface area contributed by atoms with Crippen molar-refractivity contribution in [1.82, 2.24) is 19.7 Å². The van der Waals surface area contributed by atoms with Gasteiger partial charge < -0.3 is 29.9 Å². The van der Waals surface area contributed by atoms with E-state index in [0.717, 1.165) is 56.7 Å². The van der Waals surface area contributed by atoms with Gasteiger partial charge in [-0.2, -0.15) is 0 Å². The highest BCUT2D eigenvalue weighted by molar-refractivity contribution is 5.93. The number of hydrogen-bond acceptors (Lipinski definition) is 5. The van der Waals surface area contributed by atoms with Crippen LogP contribution in [0.3, 0.4) is 0 Å². The number of hydrogen-bond donors (Lipinski definition) is 2. The number of ketones is 1. The predicted octanol–water partition coefficient (Wildman–Crippen LogP) is 2.94. The standard InChI is InChI=1S/C28H38N6O3/c1-31-14-4-6-25(31)27(36)33-17-19-34(20-18-33)28(37)30-22-7-9-23(10-8-22)32-15-11-21(12-16-32)26(35)24-5-2-3-13-29-24/h4,6-10,14,21,24,29H,2-3,5,11-13,15-20H2,1H3,(H,30,37). The quantitative estimate of drug-likeness (QED) is 0.651. The van der Waals surface area contributed by atoms with Crippen molar-refractivity contribution in [1.29, 1.82) is 0 Å². The maximum Gasteiger partial charge on any atom is 0.321 e. The second kappa shape index (κ2) is 11.4. The third-order valence-corrected chi connectivity index (χ3v) is 8.05. The molecule has 1 atom stereocenters. The molecule has 0 aliphatic carbocycles. The number of Topliss-reactive ketones (excluding diaryl/α,β-unsaturated/α-hetero) is 1. The molecule has 1 aromatic heterocycles. The molecule has 3 fully saturated rings. The monoisotopic (exact) mass is 506 g/mol. The molecule has 198 valence electrons. The fourth-order valence-electron chi connectivity index (χ4n) is 5.72. The lowest BCUT2D eigenvalue weighted by Crippen LogP contribution is -2.51. The molecular formula is C28H38N6O3. The molecule has 0 bridgehead atoms. The number of rotatable bonds is 5. The lowest BCUT2D eigenvalue weighted by Gasteiger charge is -2.35. The average molecular weight is 507 g/mol. The van der Waals surface area contributed by atoms with E-state index in [9.17, 15) is 14.4 Å². The Kier molecular flexibility index (Phi) is 7.79. The molecule has 9 heteroatoms. The molecule has 1 aromatic carbocycles. The summed E-state index contributed by atoms with van der Waals surface area (Å²) >= 11 is 0. The van der Waals surface area contributed by atoms with Gasteiger partial charge in [-0.1, -0.05) is 6.42 Å². The van der Waals surface area contributed by atoms with Crippen LogP contribution < -0.4 is 15.5 Å². The zero-order chi connectivity index (χ0) is 25.8. The van der Waals surface area contributed by atoms with E-state index in [0.29, 0.717) is 37.7 Å². The van der Waals surface area contributed by atoms with Crippen LogP contribution in [0.15, 0.2) is 42.6 Å². The predicted molar refractivity (Wildman–Crippen MR) is 144 cm³/mol. The van der Waals surface area contributed by atoms with E-state index >= 15 is 0 Å². The maximum absolute atomic E-state index is 12.8. The maximum atomic E-state index is 12.8. The summed E-state index contributed by atoms with van der Waals surface area (Å²) in [6.45, 7) is 4.76.